The summed E-state index contributed by atoms with van der Waals surface area (Å²) in [5.41, 5.74) is 0. The van der Waals surface area contributed by atoms with Gasteiger partial charge >= 0.3 is 12.1 Å². The van der Waals surface area contributed by atoms with Gasteiger partial charge in [-0.15, -0.1) is 0 Å². The van der Waals surface area contributed by atoms with Gasteiger partial charge in [0, 0.05) is 11.4 Å². The van der Waals surface area contributed by atoms with Crippen molar-refractivity contribution in [1.82, 2.24) is 4.72 Å². The zero-order valence-corrected chi connectivity index (χ0v) is 12.0. The van der Waals surface area contributed by atoms with Crippen molar-refractivity contribution < 1.29 is 31.5 Å². The van der Waals surface area contributed by atoms with E-state index in [1.807, 2.05) is 0 Å². The van der Waals surface area contributed by atoms with Crippen LogP contribution in [0.3, 0.4) is 0 Å². The Morgan fingerprint density at radius 3 is 2.24 bits per heavy atom. The average molecular weight is 346 g/mol. The first-order valence-electron chi connectivity index (χ1n) is 5.59. The van der Waals surface area contributed by atoms with Gasteiger partial charge in [-0.05, 0) is 30.7 Å². The van der Waals surface area contributed by atoms with Crippen LogP contribution in [0.5, 0.6) is 0 Å². The molecule has 1 aromatic carbocycles. The molecule has 0 bridgehead atoms. The standard InChI is InChI=1S/C11H11ClF3NO4S/c12-7-1-3-8(4-2-7)21(19,20)16-9(10(17)18)5-6-11(13,14)15/h1-4,9,16H,5-6H2,(H,17,18)/t9-/m1/s1. The zero-order chi connectivity index (χ0) is 16.3. The van der Waals surface area contributed by atoms with Crippen LogP contribution in [0, 0.1) is 0 Å². The van der Waals surface area contributed by atoms with Crippen molar-refractivity contribution in [3.8, 4) is 0 Å². The van der Waals surface area contributed by atoms with Crippen molar-refractivity contribution in [3.05, 3.63) is 29.3 Å². The molecule has 21 heavy (non-hydrogen) atoms. The van der Waals surface area contributed by atoms with Gasteiger partial charge in [-0.3, -0.25) is 4.79 Å². The summed E-state index contributed by atoms with van der Waals surface area (Å²) in [6.07, 6.45) is -6.88. The second-order valence-corrected chi connectivity index (χ2v) is 6.27. The number of sulfonamides is 1. The molecule has 0 heterocycles. The maximum absolute atomic E-state index is 12.1. The van der Waals surface area contributed by atoms with Crippen molar-refractivity contribution in [3.63, 3.8) is 0 Å². The van der Waals surface area contributed by atoms with Crippen molar-refractivity contribution in [1.29, 1.82) is 0 Å². The lowest BCUT2D eigenvalue weighted by Gasteiger charge is -2.15. The molecule has 0 aliphatic carbocycles. The normalized spacial score (nSPS) is 13.9. The molecule has 2 N–H and O–H groups in total. The van der Waals surface area contributed by atoms with Gasteiger partial charge in [0.1, 0.15) is 6.04 Å². The molecule has 0 saturated carbocycles. The zero-order valence-electron chi connectivity index (χ0n) is 10.4. The summed E-state index contributed by atoms with van der Waals surface area (Å²) in [5, 5.41) is 9.07. The van der Waals surface area contributed by atoms with E-state index in [0.717, 1.165) is 12.1 Å². The highest BCUT2D eigenvalue weighted by Gasteiger charge is 2.32. The molecule has 118 valence electrons. The topological polar surface area (TPSA) is 83.5 Å². The summed E-state index contributed by atoms with van der Waals surface area (Å²) >= 11 is 5.58. The summed E-state index contributed by atoms with van der Waals surface area (Å²) in [5.74, 6) is -1.68. The minimum Gasteiger partial charge on any atom is -0.480 e. The fourth-order valence-corrected chi connectivity index (χ4v) is 2.76. The molecule has 10 heteroatoms. The van der Waals surface area contributed by atoms with Gasteiger partial charge < -0.3 is 5.11 Å². The smallest absolute Gasteiger partial charge is 0.389 e. The van der Waals surface area contributed by atoms with Crippen LogP contribution in [-0.2, 0) is 14.8 Å². The maximum Gasteiger partial charge on any atom is 0.389 e. The molecule has 0 amide bonds. The number of benzene rings is 1. The van der Waals surface area contributed by atoms with Crippen molar-refractivity contribution in [2.24, 2.45) is 0 Å². The van der Waals surface area contributed by atoms with Crippen LogP contribution in [0.2, 0.25) is 5.02 Å². The minimum atomic E-state index is -4.57. The molecule has 0 aromatic heterocycles. The SMILES string of the molecule is O=C(O)[C@@H](CCC(F)(F)F)NS(=O)(=O)c1ccc(Cl)cc1. The Kier molecular flexibility index (Phi) is 5.60. The van der Waals surface area contributed by atoms with Crippen LogP contribution < -0.4 is 4.72 Å². The second kappa shape index (κ2) is 6.63. The molecule has 0 unspecified atom stereocenters. The fourth-order valence-electron chi connectivity index (χ4n) is 1.41. The van der Waals surface area contributed by atoms with Crippen LogP contribution >= 0.6 is 11.6 Å². The Bertz CT molecular complexity index is 601. The predicted octanol–water partition coefficient (Wildman–Crippen LogP) is 2.41. The molecule has 1 atom stereocenters. The monoisotopic (exact) mass is 345 g/mol. The Hall–Kier alpha value is -1.32. The van der Waals surface area contributed by atoms with E-state index < -0.39 is 41.1 Å². The molecule has 1 aromatic rings. The minimum absolute atomic E-state index is 0.265. The highest BCUT2D eigenvalue weighted by Crippen LogP contribution is 2.23. The van der Waals surface area contributed by atoms with Crippen molar-refractivity contribution >= 4 is 27.6 Å². The summed E-state index contributed by atoms with van der Waals surface area (Å²) < 4.78 is 61.8. The number of hydrogen-bond acceptors (Lipinski definition) is 3. The van der Waals surface area contributed by atoms with E-state index in [1.54, 1.807) is 4.72 Å². The first-order chi connectivity index (χ1) is 9.51. The number of carbonyl (C=O) groups is 1. The molecular formula is C11H11ClF3NO4S. The molecular weight excluding hydrogens is 335 g/mol. The lowest BCUT2D eigenvalue weighted by Crippen LogP contribution is -2.41. The third-order valence-electron chi connectivity index (χ3n) is 2.44. The summed E-state index contributed by atoms with van der Waals surface area (Å²) in [4.78, 5) is 10.6. The highest BCUT2D eigenvalue weighted by atomic mass is 35.5. The molecule has 1 rings (SSSR count). The van der Waals surface area contributed by atoms with E-state index in [9.17, 15) is 26.4 Å². The van der Waals surface area contributed by atoms with Crippen LogP contribution in [-0.4, -0.2) is 31.7 Å². The summed E-state index contributed by atoms with van der Waals surface area (Å²) in [6.45, 7) is 0. The Morgan fingerprint density at radius 2 is 1.81 bits per heavy atom. The number of carboxylic acids is 1. The molecule has 5 nitrogen and oxygen atoms in total. The van der Waals surface area contributed by atoms with E-state index in [0.29, 0.717) is 0 Å². The van der Waals surface area contributed by atoms with Crippen LogP contribution in [0.25, 0.3) is 0 Å². The van der Waals surface area contributed by atoms with E-state index in [-0.39, 0.29) is 9.92 Å². The highest BCUT2D eigenvalue weighted by molar-refractivity contribution is 7.89. The molecule has 0 radical (unpaired) electrons. The number of carboxylic acid groups (broad SMARTS) is 1. The first-order valence-corrected chi connectivity index (χ1v) is 7.45. The molecule has 0 aliphatic rings. The number of rotatable bonds is 6. The van der Waals surface area contributed by atoms with E-state index >= 15 is 0 Å². The van der Waals surface area contributed by atoms with E-state index in [1.165, 1.54) is 12.1 Å². The maximum atomic E-state index is 12.1. The number of halogens is 4. The van der Waals surface area contributed by atoms with Gasteiger partial charge in [0.05, 0.1) is 4.90 Å². The Morgan fingerprint density at radius 1 is 1.29 bits per heavy atom. The number of alkyl halides is 3. The van der Waals surface area contributed by atoms with Gasteiger partial charge in [0.2, 0.25) is 10.0 Å². The predicted molar refractivity (Wildman–Crippen MR) is 68.5 cm³/mol. The third-order valence-corrected chi connectivity index (χ3v) is 4.18. The van der Waals surface area contributed by atoms with E-state index in [4.69, 9.17) is 16.7 Å². The van der Waals surface area contributed by atoms with Gasteiger partial charge in [0.15, 0.2) is 0 Å². The average Bonchev–Trinajstić information content (AvgIpc) is 2.33. The van der Waals surface area contributed by atoms with Gasteiger partial charge in [0.25, 0.3) is 0 Å². The van der Waals surface area contributed by atoms with Crippen LogP contribution in [0.1, 0.15) is 12.8 Å². The van der Waals surface area contributed by atoms with Gasteiger partial charge in [-0.1, -0.05) is 11.6 Å². The molecule has 0 aliphatic heterocycles. The van der Waals surface area contributed by atoms with E-state index in [2.05, 4.69) is 0 Å². The Labute approximate surface area is 123 Å². The number of nitrogens with one attached hydrogen (secondary N) is 1. The molecule has 0 saturated heterocycles. The van der Waals surface area contributed by atoms with Gasteiger partial charge in [-0.25, -0.2) is 8.42 Å². The van der Waals surface area contributed by atoms with Gasteiger partial charge in [-0.2, -0.15) is 17.9 Å². The lowest BCUT2D eigenvalue weighted by molar-refractivity contribution is -0.145. The quantitative estimate of drug-likeness (QED) is 0.829. The van der Waals surface area contributed by atoms with Crippen LogP contribution in [0.15, 0.2) is 29.2 Å². The van der Waals surface area contributed by atoms with Crippen LogP contribution in [0.4, 0.5) is 13.2 Å². The second-order valence-electron chi connectivity index (χ2n) is 4.12. The van der Waals surface area contributed by atoms with Crippen molar-refractivity contribution in [2.75, 3.05) is 0 Å². The Balaban J connectivity index is 2.87. The lowest BCUT2D eigenvalue weighted by atomic mass is 10.2. The summed E-state index contributed by atoms with van der Waals surface area (Å²) in [7, 11) is -4.25. The number of aliphatic carboxylic acids is 1. The number of hydrogen-bond donors (Lipinski definition) is 2. The molecule has 0 fully saturated rings. The van der Waals surface area contributed by atoms with Crippen molar-refractivity contribution in [2.45, 2.75) is 30.0 Å². The third kappa shape index (κ3) is 5.90. The first kappa shape index (κ1) is 17.7. The molecule has 0 spiro atoms. The summed E-state index contributed by atoms with van der Waals surface area (Å²) in [6, 6.07) is 2.90. The fraction of sp³-hybridized carbons (Fsp3) is 0.364. The largest absolute Gasteiger partial charge is 0.480 e.